The molecule has 0 aromatic carbocycles. The Hall–Kier alpha value is -2.35. The predicted octanol–water partition coefficient (Wildman–Crippen LogP) is 1.71. The summed E-state index contributed by atoms with van der Waals surface area (Å²) in [7, 11) is -3.85. The number of pyridine rings is 1. The van der Waals surface area contributed by atoms with E-state index in [2.05, 4.69) is 9.71 Å². The maximum atomic E-state index is 12.2. The second-order valence-corrected chi connectivity index (χ2v) is 6.13. The van der Waals surface area contributed by atoms with Crippen LogP contribution in [0.5, 0.6) is 0 Å². The van der Waals surface area contributed by atoms with Gasteiger partial charge in [-0.3, -0.25) is 9.71 Å². The van der Waals surface area contributed by atoms with Gasteiger partial charge in [0.2, 0.25) is 0 Å². The zero-order valence-corrected chi connectivity index (χ0v) is 12.4. The van der Waals surface area contributed by atoms with Gasteiger partial charge in [-0.05, 0) is 32.0 Å². The van der Waals surface area contributed by atoms with Gasteiger partial charge in [-0.25, -0.2) is 13.2 Å². The molecule has 0 bridgehead atoms. The summed E-state index contributed by atoms with van der Waals surface area (Å²) in [6.45, 7) is 3.89. The smallest absolute Gasteiger partial charge is 0.352 e. The van der Waals surface area contributed by atoms with E-state index in [9.17, 15) is 13.2 Å². The van der Waals surface area contributed by atoms with Crippen molar-refractivity contribution in [2.45, 2.75) is 25.3 Å². The average molecular weight is 309 g/mol. The van der Waals surface area contributed by atoms with Crippen LogP contribution in [0.4, 0.5) is 5.69 Å². The van der Waals surface area contributed by atoms with Crippen molar-refractivity contribution < 1.29 is 18.3 Å². The molecule has 0 spiro atoms. The summed E-state index contributed by atoms with van der Waals surface area (Å²) < 4.78 is 28.2. The molecule has 2 N–H and O–H groups in total. The fourth-order valence-corrected chi connectivity index (χ4v) is 2.90. The Labute approximate surface area is 122 Å². The van der Waals surface area contributed by atoms with E-state index in [1.807, 2.05) is 0 Å². The molecule has 21 heavy (non-hydrogen) atoms. The molecule has 7 nitrogen and oxygen atoms in total. The van der Waals surface area contributed by atoms with Gasteiger partial charge in [0, 0.05) is 18.4 Å². The third-order valence-electron chi connectivity index (χ3n) is 2.91. The number of rotatable bonds is 5. The van der Waals surface area contributed by atoms with Crippen molar-refractivity contribution in [1.82, 2.24) is 9.55 Å². The minimum Gasteiger partial charge on any atom is -0.477 e. The van der Waals surface area contributed by atoms with Crippen molar-refractivity contribution in [2.75, 3.05) is 4.72 Å². The number of aryl methyl sites for hydroxylation is 2. The molecule has 0 unspecified atom stereocenters. The molecule has 2 aromatic rings. The Morgan fingerprint density at radius 2 is 2.14 bits per heavy atom. The van der Waals surface area contributed by atoms with Gasteiger partial charge < -0.3 is 9.67 Å². The third-order valence-corrected chi connectivity index (χ3v) is 4.25. The SMILES string of the molecule is CCn1cc(S(=O)(=O)Nc2ccc(C)nc2)cc1C(=O)O. The Morgan fingerprint density at radius 3 is 2.62 bits per heavy atom. The van der Waals surface area contributed by atoms with Gasteiger partial charge >= 0.3 is 5.97 Å². The van der Waals surface area contributed by atoms with Gasteiger partial charge in [-0.2, -0.15) is 0 Å². The van der Waals surface area contributed by atoms with Crippen LogP contribution in [-0.4, -0.2) is 29.0 Å². The molecule has 0 aliphatic carbocycles. The van der Waals surface area contributed by atoms with E-state index in [0.717, 1.165) is 11.8 Å². The molecule has 2 aromatic heterocycles. The van der Waals surface area contributed by atoms with Crippen LogP contribution in [0.25, 0.3) is 0 Å². The van der Waals surface area contributed by atoms with Crippen LogP contribution >= 0.6 is 0 Å². The van der Waals surface area contributed by atoms with E-state index < -0.39 is 16.0 Å². The normalized spacial score (nSPS) is 11.3. The molecular formula is C13H15N3O4S. The molecular weight excluding hydrogens is 294 g/mol. The highest BCUT2D eigenvalue weighted by molar-refractivity contribution is 7.92. The number of sulfonamides is 1. The molecule has 0 fully saturated rings. The fraction of sp³-hybridized carbons (Fsp3) is 0.231. The van der Waals surface area contributed by atoms with Crippen LogP contribution in [0, 0.1) is 6.92 Å². The Morgan fingerprint density at radius 1 is 1.43 bits per heavy atom. The van der Waals surface area contributed by atoms with Gasteiger partial charge in [0.1, 0.15) is 10.6 Å². The molecule has 0 aliphatic heterocycles. The summed E-state index contributed by atoms with van der Waals surface area (Å²) in [6, 6.07) is 4.41. The van der Waals surface area contributed by atoms with Gasteiger partial charge in [0.15, 0.2) is 0 Å². The van der Waals surface area contributed by atoms with Crippen LogP contribution in [0.3, 0.4) is 0 Å². The standard InChI is InChI=1S/C13H15N3O4S/c1-3-16-8-11(6-12(16)13(17)18)21(19,20)15-10-5-4-9(2)14-7-10/h4-8,15H,3H2,1-2H3,(H,17,18). The Bertz CT molecular complexity index is 763. The number of carbonyl (C=O) groups is 1. The van der Waals surface area contributed by atoms with Crippen LogP contribution in [0.1, 0.15) is 23.1 Å². The Kier molecular flexibility index (Phi) is 3.99. The first-order valence-corrected chi connectivity index (χ1v) is 7.70. The lowest BCUT2D eigenvalue weighted by Crippen LogP contribution is -2.12. The molecule has 0 saturated heterocycles. The quantitative estimate of drug-likeness (QED) is 0.875. The van der Waals surface area contributed by atoms with Crippen molar-refractivity contribution in [1.29, 1.82) is 0 Å². The van der Waals surface area contributed by atoms with E-state index >= 15 is 0 Å². The number of carboxylic acid groups (broad SMARTS) is 1. The molecule has 2 rings (SSSR count). The number of nitrogens with zero attached hydrogens (tertiary/aromatic N) is 2. The van der Waals surface area contributed by atoms with Gasteiger partial charge in [0.25, 0.3) is 10.0 Å². The molecule has 0 atom stereocenters. The van der Waals surface area contributed by atoms with Gasteiger partial charge in [-0.1, -0.05) is 0 Å². The summed E-state index contributed by atoms with van der Waals surface area (Å²) in [5, 5.41) is 9.05. The second-order valence-electron chi connectivity index (χ2n) is 4.45. The first-order chi connectivity index (χ1) is 9.83. The van der Waals surface area contributed by atoms with Crippen LogP contribution < -0.4 is 4.72 Å². The highest BCUT2D eigenvalue weighted by Gasteiger charge is 2.21. The zero-order chi connectivity index (χ0) is 15.6. The number of anilines is 1. The lowest BCUT2D eigenvalue weighted by atomic mass is 10.4. The van der Waals surface area contributed by atoms with Crippen molar-refractivity contribution in [3.05, 3.63) is 42.0 Å². The lowest BCUT2D eigenvalue weighted by molar-refractivity contribution is 0.0685. The van der Waals surface area contributed by atoms with E-state index in [1.54, 1.807) is 26.0 Å². The monoisotopic (exact) mass is 309 g/mol. The van der Waals surface area contributed by atoms with Crippen LogP contribution in [-0.2, 0) is 16.6 Å². The molecule has 0 amide bonds. The number of aromatic carboxylic acids is 1. The second kappa shape index (κ2) is 5.57. The van der Waals surface area contributed by atoms with Crippen molar-refractivity contribution in [3.63, 3.8) is 0 Å². The molecule has 0 aliphatic rings. The minimum absolute atomic E-state index is 0.0695. The maximum absolute atomic E-state index is 12.2. The third kappa shape index (κ3) is 3.22. The van der Waals surface area contributed by atoms with Crippen LogP contribution in [0.2, 0.25) is 0 Å². The first kappa shape index (κ1) is 15.0. The molecule has 0 saturated carbocycles. The minimum atomic E-state index is -3.85. The molecule has 8 heteroatoms. The number of carboxylic acids is 1. The zero-order valence-electron chi connectivity index (χ0n) is 11.6. The van der Waals surface area contributed by atoms with Crippen molar-refractivity contribution in [2.24, 2.45) is 0 Å². The van der Waals surface area contributed by atoms with E-state index in [-0.39, 0.29) is 10.6 Å². The number of aromatic nitrogens is 2. The van der Waals surface area contributed by atoms with Crippen LogP contribution in [0.15, 0.2) is 35.5 Å². The first-order valence-electron chi connectivity index (χ1n) is 6.22. The van der Waals surface area contributed by atoms with Gasteiger partial charge in [0.05, 0.1) is 11.9 Å². The highest BCUT2D eigenvalue weighted by Crippen LogP contribution is 2.18. The number of hydrogen-bond donors (Lipinski definition) is 2. The van der Waals surface area contributed by atoms with E-state index in [0.29, 0.717) is 12.2 Å². The van der Waals surface area contributed by atoms with Crippen molar-refractivity contribution in [3.8, 4) is 0 Å². The number of nitrogens with one attached hydrogen (secondary N) is 1. The summed E-state index contributed by atoms with van der Waals surface area (Å²) in [6.07, 6.45) is 2.70. The highest BCUT2D eigenvalue weighted by atomic mass is 32.2. The predicted molar refractivity (Wildman–Crippen MR) is 76.8 cm³/mol. The number of hydrogen-bond acceptors (Lipinski definition) is 4. The van der Waals surface area contributed by atoms with Crippen molar-refractivity contribution >= 4 is 21.7 Å². The maximum Gasteiger partial charge on any atom is 0.352 e. The summed E-state index contributed by atoms with van der Waals surface area (Å²) in [5.41, 5.74) is 1.02. The average Bonchev–Trinajstić information content (AvgIpc) is 2.86. The summed E-state index contributed by atoms with van der Waals surface area (Å²) in [4.78, 5) is 15.0. The molecule has 112 valence electrons. The fourth-order valence-electron chi connectivity index (χ4n) is 1.81. The molecule has 2 heterocycles. The lowest BCUT2D eigenvalue weighted by Gasteiger charge is -2.06. The summed E-state index contributed by atoms with van der Waals surface area (Å²) in [5.74, 6) is -1.17. The topological polar surface area (TPSA) is 101 Å². The van der Waals surface area contributed by atoms with E-state index in [1.165, 1.54) is 17.0 Å². The van der Waals surface area contributed by atoms with Gasteiger partial charge in [-0.15, -0.1) is 0 Å². The summed E-state index contributed by atoms with van der Waals surface area (Å²) >= 11 is 0. The molecule has 0 radical (unpaired) electrons. The largest absolute Gasteiger partial charge is 0.477 e. The Balaban J connectivity index is 2.35. The van der Waals surface area contributed by atoms with E-state index in [4.69, 9.17) is 5.11 Å².